The molecule has 0 aliphatic heterocycles. The van der Waals surface area contributed by atoms with Gasteiger partial charge in [0.15, 0.2) is 0 Å². The van der Waals surface area contributed by atoms with E-state index in [0.717, 1.165) is 10.9 Å². The number of carbonyl (C=O) groups excluding carboxylic acids is 1. The van der Waals surface area contributed by atoms with E-state index in [1.165, 1.54) is 0 Å². The number of fused-ring (bicyclic) bond motifs is 1. The molecule has 2 heterocycles. The zero-order chi connectivity index (χ0) is 16.9. The average molecular weight is 339 g/mol. The van der Waals surface area contributed by atoms with E-state index >= 15 is 0 Å². The molecule has 6 heteroatoms. The molecular formula is C18H17N3O2S. The fourth-order valence-corrected chi connectivity index (χ4v) is 2.66. The maximum Gasteiger partial charge on any atom is 0.265 e. The smallest absolute Gasteiger partial charge is 0.265 e. The van der Waals surface area contributed by atoms with E-state index in [-0.39, 0.29) is 17.0 Å². The Morgan fingerprint density at radius 1 is 1.17 bits per heavy atom. The van der Waals surface area contributed by atoms with Crippen molar-refractivity contribution >= 4 is 29.6 Å². The number of nitrogens with one attached hydrogen (secondary N) is 1. The van der Waals surface area contributed by atoms with E-state index in [9.17, 15) is 9.59 Å². The molecule has 1 N–H and O–H groups in total. The van der Waals surface area contributed by atoms with Crippen molar-refractivity contribution in [2.45, 2.75) is 6.54 Å². The highest BCUT2D eigenvalue weighted by atomic mass is 32.1. The summed E-state index contributed by atoms with van der Waals surface area (Å²) in [6.45, 7) is 0.770. The zero-order valence-electron chi connectivity index (χ0n) is 13.0. The van der Waals surface area contributed by atoms with Gasteiger partial charge in [-0.1, -0.05) is 30.3 Å². The molecule has 0 unspecified atom stereocenters. The lowest BCUT2D eigenvalue weighted by Gasteiger charge is -2.12. The zero-order valence-corrected chi connectivity index (χ0v) is 13.9. The van der Waals surface area contributed by atoms with Crippen LogP contribution in [0.15, 0.2) is 59.5 Å². The number of carbonyl (C=O) groups is 1. The Morgan fingerprint density at radius 2 is 1.96 bits per heavy atom. The van der Waals surface area contributed by atoms with E-state index in [2.05, 4.69) is 22.9 Å². The first kappa shape index (κ1) is 16.3. The van der Waals surface area contributed by atoms with Gasteiger partial charge in [-0.2, -0.15) is 12.6 Å². The van der Waals surface area contributed by atoms with Gasteiger partial charge in [0, 0.05) is 23.9 Å². The van der Waals surface area contributed by atoms with Gasteiger partial charge in [-0.05, 0) is 23.8 Å². The fourth-order valence-electron chi connectivity index (χ4n) is 2.55. The van der Waals surface area contributed by atoms with Crippen LogP contribution < -0.4 is 10.9 Å². The Balaban J connectivity index is 2.13. The van der Waals surface area contributed by atoms with Crippen molar-refractivity contribution in [2.24, 2.45) is 0 Å². The van der Waals surface area contributed by atoms with Crippen LogP contribution in [0.1, 0.15) is 15.9 Å². The maximum absolute atomic E-state index is 12.8. The van der Waals surface area contributed by atoms with E-state index in [1.54, 1.807) is 22.9 Å². The van der Waals surface area contributed by atoms with Gasteiger partial charge in [-0.15, -0.1) is 0 Å². The molecule has 0 bridgehead atoms. The van der Waals surface area contributed by atoms with E-state index in [4.69, 9.17) is 0 Å². The van der Waals surface area contributed by atoms with Crippen LogP contribution in [0.2, 0.25) is 0 Å². The second-order valence-corrected chi connectivity index (χ2v) is 5.78. The van der Waals surface area contributed by atoms with Gasteiger partial charge in [-0.3, -0.25) is 14.2 Å². The first-order valence-electron chi connectivity index (χ1n) is 7.62. The number of thiol groups is 1. The summed E-state index contributed by atoms with van der Waals surface area (Å²) < 4.78 is 1.54. The molecule has 1 amide bonds. The molecule has 24 heavy (non-hydrogen) atoms. The molecule has 2 aromatic heterocycles. The predicted molar refractivity (Wildman–Crippen MR) is 97.7 cm³/mol. The largest absolute Gasteiger partial charge is 0.351 e. The quantitative estimate of drug-likeness (QED) is 0.700. The lowest BCUT2D eigenvalue weighted by atomic mass is 10.1. The van der Waals surface area contributed by atoms with Gasteiger partial charge in [0.25, 0.3) is 11.5 Å². The molecule has 0 radical (unpaired) electrons. The van der Waals surface area contributed by atoms with Crippen LogP contribution in [0.25, 0.3) is 11.0 Å². The molecule has 0 spiro atoms. The molecule has 3 rings (SSSR count). The van der Waals surface area contributed by atoms with Gasteiger partial charge < -0.3 is 5.32 Å². The van der Waals surface area contributed by atoms with Crippen molar-refractivity contribution in [3.05, 3.63) is 76.2 Å². The van der Waals surface area contributed by atoms with Crippen molar-refractivity contribution in [3.8, 4) is 0 Å². The van der Waals surface area contributed by atoms with Crippen molar-refractivity contribution in [1.29, 1.82) is 0 Å². The Labute approximate surface area is 144 Å². The van der Waals surface area contributed by atoms with Gasteiger partial charge in [0.2, 0.25) is 0 Å². The monoisotopic (exact) mass is 339 g/mol. The standard InChI is InChI=1S/C18H17N3O2S/c22-17(20-9-10-24)15-11-14-7-4-8-19-16(14)21(18(15)23)12-13-5-2-1-3-6-13/h1-8,11,24H,9-10,12H2,(H,20,22). The normalized spacial score (nSPS) is 10.7. The van der Waals surface area contributed by atoms with Crippen molar-refractivity contribution in [1.82, 2.24) is 14.9 Å². The molecule has 0 aliphatic rings. The molecule has 122 valence electrons. The Hall–Kier alpha value is -2.60. The molecule has 0 saturated carbocycles. The summed E-state index contributed by atoms with van der Waals surface area (Å²) in [6, 6.07) is 14.9. The summed E-state index contributed by atoms with van der Waals surface area (Å²) in [5.74, 6) is 0.126. The predicted octanol–water partition coefficient (Wildman–Crippen LogP) is 2.10. The van der Waals surface area contributed by atoms with Crippen LogP contribution in [0.3, 0.4) is 0 Å². The number of nitrogens with zero attached hydrogens (tertiary/aromatic N) is 2. The number of rotatable bonds is 5. The Kier molecular flexibility index (Phi) is 4.96. The fraction of sp³-hybridized carbons (Fsp3) is 0.167. The summed E-state index contributed by atoms with van der Waals surface area (Å²) >= 11 is 4.07. The van der Waals surface area contributed by atoms with Crippen LogP contribution in [-0.4, -0.2) is 27.8 Å². The molecule has 0 aliphatic carbocycles. The second kappa shape index (κ2) is 7.31. The molecule has 3 aromatic rings. The lowest BCUT2D eigenvalue weighted by Crippen LogP contribution is -2.34. The summed E-state index contributed by atoms with van der Waals surface area (Å²) in [6.07, 6.45) is 1.64. The van der Waals surface area contributed by atoms with Gasteiger partial charge in [-0.25, -0.2) is 4.98 Å². The minimum absolute atomic E-state index is 0.119. The topological polar surface area (TPSA) is 64.0 Å². The average Bonchev–Trinajstić information content (AvgIpc) is 2.62. The lowest BCUT2D eigenvalue weighted by molar-refractivity contribution is 0.0954. The molecule has 0 fully saturated rings. The van der Waals surface area contributed by atoms with E-state index in [1.807, 2.05) is 36.4 Å². The van der Waals surface area contributed by atoms with Gasteiger partial charge >= 0.3 is 0 Å². The summed E-state index contributed by atoms with van der Waals surface area (Å²) in [4.78, 5) is 29.4. The van der Waals surface area contributed by atoms with Crippen molar-refractivity contribution in [3.63, 3.8) is 0 Å². The number of benzene rings is 1. The SMILES string of the molecule is O=C(NCCS)c1cc2cccnc2n(Cc2ccccc2)c1=O. The third-order valence-corrected chi connectivity index (χ3v) is 3.90. The van der Waals surface area contributed by atoms with Crippen LogP contribution in [-0.2, 0) is 6.54 Å². The summed E-state index contributed by atoms with van der Waals surface area (Å²) in [5.41, 5.74) is 1.31. The highest BCUT2D eigenvalue weighted by molar-refractivity contribution is 7.80. The van der Waals surface area contributed by atoms with E-state index in [0.29, 0.717) is 24.5 Å². The first-order valence-corrected chi connectivity index (χ1v) is 8.25. The van der Waals surface area contributed by atoms with Gasteiger partial charge in [0.1, 0.15) is 11.2 Å². The Morgan fingerprint density at radius 3 is 2.71 bits per heavy atom. The van der Waals surface area contributed by atoms with Crippen LogP contribution in [0.5, 0.6) is 0 Å². The number of hydrogen-bond acceptors (Lipinski definition) is 4. The molecule has 5 nitrogen and oxygen atoms in total. The van der Waals surface area contributed by atoms with Crippen LogP contribution in [0.4, 0.5) is 0 Å². The van der Waals surface area contributed by atoms with Crippen molar-refractivity contribution < 1.29 is 4.79 Å². The molecular weight excluding hydrogens is 322 g/mol. The minimum Gasteiger partial charge on any atom is -0.351 e. The highest BCUT2D eigenvalue weighted by Gasteiger charge is 2.16. The highest BCUT2D eigenvalue weighted by Crippen LogP contribution is 2.13. The van der Waals surface area contributed by atoms with Gasteiger partial charge in [0.05, 0.1) is 6.54 Å². The number of hydrogen-bond donors (Lipinski definition) is 2. The third-order valence-electron chi connectivity index (χ3n) is 3.67. The number of aromatic nitrogens is 2. The number of pyridine rings is 2. The van der Waals surface area contributed by atoms with Crippen LogP contribution >= 0.6 is 12.6 Å². The summed E-state index contributed by atoms with van der Waals surface area (Å²) in [5, 5.41) is 3.45. The maximum atomic E-state index is 12.8. The van der Waals surface area contributed by atoms with E-state index < -0.39 is 0 Å². The second-order valence-electron chi connectivity index (χ2n) is 5.33. The summed E-state index contributed by atoms with van der Waals surface area (Å²) in [7, 11) is 0. The first-order chi connectivity index (χ1) is 11.7. The molecule has 0 saturated heterocycles. The Bertz CT molecular complexity index is 922. The molecule has 1 aromatic carbocycles. The molecule has 0 atom stereocenters. The van der Waals surface area contributed by atoms with Crippen LogP contribution in [0, 0.1) is 0 Å². The minimum atomic E-state index is -0.387. The number of amides is 1. The van der Waals surface area contributed by atoms with Crippen molar-refractivity contribution in [2.75, 3.05) is 12.3 Å². The third kappa shape index (κ3) is 3.33.